The molecule has 1 spiro atoms. The summed E-state index contributed by atoms with van der Waals surface area (Å²) in [5, 5.41) is 0.547. The zero-order chi connectivity index (χ0) is 11.0. The third-order valence-electron chi connectivity index (χ3n) is 2.90. The Morgan fingerprint density at radius 3 is 2.62 bits per heavy atom. The molecule has 0 bridgehead atoms. The summed E-state index contributed by atoms with van der Waals surface area (Å²) in [5.74, 6) is 0.253. The molecule has 3 rings (SSSR count). The summed E-state index contributed by atoms with van der Waals surface area (Å²) in [7, 11) is 0. The number of halogens is 1. The Morgan fingerprint density at radius 1 is 1.25 bits per heavy atom. The first kappa shape index (κ1) is 10.3. The minimum Gasteiger partial charge on any atom is -0.346 e. The molecule has 1 aromatic heterocycles. The molecule has 2 aliphatic rings. The van der Waals surface area contributed by atoms with Crippen molar-refractivity contribution in [1.29, 1.82) is 0 Å². The lowest BCUT2D eigenvalue weighted by Crippen LogP contribution is -2.34. The van der Waals surface area contributed by atoms with Crippen LogP contribution >= 0.6 is 11.6 Å². The molecule has 0 amide bonds. The van der Waals surface area contributed by atoms with Crippen LogP contribution in [-0.2, 0) is 9.47 Å². The van der Waals surface area contributed by atoms with E-state index in [1.54, 1.807) is 12.4 Å². The van der Waals surface area contributed by atoms with E-state index in [-0.39, 0.29) is 0 Å². The molecule has 0 unspecified atom stereocenters. The summed E-state index contributed by atoms with van der Waals surface area (Å²) in [4.78, 5) is 10.4. The highest BCUT2D eigenvalue weighted by molar-refractivity contribution is 6.30. The first-order valence-corrected chi connectivity index (χ1v) is 5.66. The van der Waals surface area contributed by atoms with Crippen LogP contribution < -0.4 is 4.90 Å². The molecule has 0 aromatic carbocycles. The van der Waals surface area contributed by atoms with Gasteiger partial charge in [-0.2, -0.15) is 0 Å². The summed E-state index contributed by atoms with van der Waals surface area (Å²) in [5.41, 5.74) is 0. The zero-order valence-corrected chi connectivity index (χ0v) is 9.48. The molecule has 2 saturated heterocycles. The minimum atomic E-state index is -0.428. The van der Waals surface area contributed by atoms with Crippen LogP contribution in [0, 0.1) is 0 Å². The van der Waals surface area contributed by atoms with Crippen molar-refractivity contribution in [3.05, 3.63) is 17.4 Å². The van der Waals surface area contributed by atoms with Gasteiger partial charge in [-0.3, -0.25) is 0 Å². The maximum Gasteiger partial charge on any atom is 0.225 e. The van der Waals surface area contributed by atoms with Gasteiger partial charge in [-0.05, 0) is 0 Å². The molecule has 0 N–H and O–H groups in total. The summed E-state index contributed by atoms with van der Waals surface area (Å²) in [6.07, 6.45) is 4.06. The van der Waals surface area contributed by atoms with E-state index in [2.05, 4.69) is 14.9 Å². The number of hydrogen-bond acceptors (Lipinski definition) is 5. The molecule has 6 heteroatoms. The summed E-state index contributed by atoms with van der Waals surface area (Å²) < 4.78 is 11.3. The standard InChI is InChI=1S/C10H12ClN3O2/c11-8-5-12-9(13-6-8)14-2-1-10(7-14)15-3-4-16-10/h5-6H,1-4,7H2. The molecule has 86 valence electrons. The Balaban J connectivity index is 1.75. The van der Waals surface area contributed by atoms with Crippen molar-refractivity contribution >= 4 is 17.5 Å². The number of aromatic nitrogens is 2. The largest absolute Gasteiger partial charge is 0.346 e. The topological polar surface area (TPSA) is 47.5 Å². The number of hydrogen-bond donors (Lipinski definition) is 0. The van der Waals surface area contributed by atoms with Gasteiger partial charge in [-0.25, -0.2) is 9.97 Å². The lowest BCUT2D eigenvalue weighted by molar-refractivity contribution is -0.138. The lowest BCUT2D eigenvalue weighted by Gasteiger charge is -2.22. The Morgan fingerprint density at radius 2 is 1.94 bits per heavy atom. The smallest absolute Gasteiger partial charge is 0.225 e. The van der Waals surface area contributed by atoms with Gasteiger partial charge in [0.1, 0.15) is 0 Å². The Labute approximate surface area is 98.3 Å². The van der Waals surface area contributed by atoms with Crippen LogP contribution in [0.1, 0.15) is 6.42 Å². The van der Waals surface area contributed by atoms with Crippen molar-refractivity contribution in [3.63, 3.8) is 0 Å². The summed E-state index contributed by atoms with van der Waals surface area (Å²) >= 11 is 5.75. The third-order valence-corrected chi connectivity index (χ3v) is 3.09. The fourth-order valence-corrected chi connectivity index (χ4v) is 2.22. The Bertz CT molecular complexity index is 378. The van der Waals surface area contributed by atoms with Gasteiger partial charge in [0.25, 0.3) is 0 Å². The van der Waals surface area contributed by atoms with Crippen LogP contribution in [0.25, 0.3) is 0 Å². The maximum absolute atomic E-state index is 5.75. The van der Waals surface area contributed by atoms with E-state index in [1.165, 1.54) is 0 Å². The zero-order valence-electron chi connectivity index (χ0n) is 8.73. The molecule has 2 fully saturated rings. The highest BCUT2D eigenvalue weighted by atomic mass is 35.5. The number of rotatable bonds is 1. The molecular weight excluding hydrogens is 230 g/mol. The molecule has 3 heterocycles. The van der Waals surface area contributed by atoms with E-state index >= 15 is 0 Å². The van der Waals surface area contributed by atoms with E-state index in [1.807, 2.05) is 0 Å². The normalized spacial score (nSPS) is 23.2. The highest BCUT2D eigenvalue weighted by Crippen LogP contribution is 2.31. The van der Waals surface area contributed by atoms with Crippen LogP contribution in [0.3, 0.4) is 0 Å². The minimum absolute atomic E-state index is 0.428. The van der Waals surface area contributed by atoms with Gasteiger partial charge in [0.2, 0.25) is 5.95 Å². The average molecular weight is 242 g/mol. The number of nitrogens with zero attached hydrogens (tertiary/aromatic N) is 3. The second-order valence-corrected chi connectivity index (χ2v) is 4.42. The Hall–Kier alpha value is -0.910. The number of anilines is 1. The second kappa shape index (κ2) is 3.84. The number of ether oxygens (including phenoxy) is 2. The maximum atomic E-state index is 5.75. The van der Waals surface area contributed by atoms with Crippen LogP contribution in [0.4, 0.5) is 5.95 Å². The van der Waals surface area contributed by atoms with Gasteiger partial charge < -0.3 is 14.4 Å². The predicted octanol–water partition coefficient (Wildman–Crippen LogP) is 1.08. The fourth-order valence-electron chi connectivity index (χ4n) is 2.13. The summed E-state index contributed by atoms with van der Waals surface area (Å²) in [6.45, 7) is 2.89. The SMILES string of the molecule is Clc1cnc(N2CCC3(C2)OCCO3)nc1. The van der Waals surface area contributed by atoms with Gasteiger partial charge in [0, 0.05) is 13.0 Å². The lowest BCUT2D eigenvalue weighted by atomic mass is 10.2. The third kappa shape index (κ3) is 1.75. The van der Waals surface area contributed by atoms with Gasteiger partial charge in [-0.1, -0.05) is 11.6 Å². The molecule has 0 saturated carbocycles. The van der Waals surface area contributed by atoms with Gasteiger partial charge in [-0.15, -0.1) is 0 Å². The molecule has 2 aliphatic heterocycles. The van der Waals surface area contributed by atoms with Crippen molar-refractivity contribution in [2.24, 2.45) is 0 Å². The Kier molecular flexibility index (Phi) is 2.46. The molecule has 1 aromatic rings. The molecule has 0 atom stereocenters. The molecule has 0 radical (unpaired) electrons. The van der Waals surface area contributed by atoms with Crippen molar-refractivity contribution < 1.29 is 9.47 Å². The van der Waals surface area contributed by atoms with Crippen molar-refractivity contribution in [2.45, 2.75) is 12.2 Å². The van der Waals surface area contributed by atoms with Gasteiger partial charge >= 0.3 is 0 Å². The van der Waals surface area contributed by atoms with Gasteiger partial charge in [0.15, 0.2) is 5.79 Å². The van der Waals surface area contributed by atoms with E-state index in [4.69, 9.17) is 21.1 Å². The van der Waals surface area contributed by atoms with Gasteiger partial charge in [0.05, 0.1) is 37.2 Å². The van der Waals surface area contributed by atoms with Crippen LogP contribution in [-0.4, -0.2) is 42.1 Å². The highest BCUT2D eigenvalue weighted by Gasteiger charge is 2.44. The molecule has 16 heavy (non-hydrogen) atoms. The molecular formula is C10H12ClN3O2. The fraction of sp³-hybridized carbons (Fsp3) is 0.600. The van der Waals surface area contributed by atoms with Crippen LogP contribution in [0.2, 0.25) is 5.02 Å². The van der Waals surface area contributed by atoms with E-state index in [9.17, 15) is 0 Å². The summed E-state index contributed by atoms with van der Waals surface area (Å²) in [6, 6.07) is 0. The van der Waals surface area contributed by atoms with Crippen LogP contribution in [0.5, 0.6) is 0 Å². The van der Waals surface area contributed by atoms with Crippen molar-refractivity contribution in [1.82, 2.24) is 9.97 Å². The monoisotopic (exact) mass is 241 g/mol. The van der Waals surface area contributed by atoms with Crippen molar-refractivity contribution in [2.75, 3.05) is 31.2 Å². The van der Waals surface area contributed by atoms with E-state index < -0.39 is 5.79 Å². The quantitative estimate of drug-likeness (QED) is 0.737. The van der Waals surface area contributed by atoms with E-state index in [0.717, 1.165) is 13.0 Å². The average Bonchev–Trinajstić information content (AvgIpc) is 2.91. The van der Waals surface area contributed by atoms with Crippen molar-refractivity contribution in [3.8, 4) is 0 Å². The molecule has 5 nitrogen and oxygen atoms in total. The van der Waals surface area contributed by atoms with Crippen LogP contribution in [0.15, 0.2) is 12.4 Å². The van der Waals surface area contributed by atoms with E-state index in [0.29, 0.717) is 30.7 Å². The second-order valence-electron chi connectivity index (χ2n) is 3.98. The first-order valence-electron chi connectivity index (χ1n) is 5.28. The predicted molar refractivity (Wildman–Crippen MR) is 58.5 cm³/mol. The molecule has 0 aliphatic carbocycles. The first-order chi connectivity index (χ1) is 7.77.